The molecule has 0 aromatic heterocycles. The van der Waals surface area contributed by atoms with Crippen molar-refractivity contribution in [3.8, 4) is 16.9 Å². The van der Waals surface area contributed by atoms with Gasteiger partial charge in [0.2, 0.25) is 0 Å². The summed E-state index contributed by atoms with van der Waals surface area (Å²) in [7, 11) is 0. The topological polar surface area (TPSA) is 128 Å². The first-order valence-electron chi connectivity index (χ1n) is 12.7. The van der Waals surface area contributed by atoms with Gasteiger partial charge in [-0.2, -0.15) is 0 Å². The van der Waals surface area contributed by atoms with Crippen molar-refractivity contribution in [1.29, 1.82) is 0 Å². The lowest BCUT2D eigenvalue weighted by atomic mass is 9.98. The molecular formula is C31H27ClN2O7. The molecule has 1 aliphatic carbocycles. The number of nitrogens with one attached hydrogen (secondary N) is 1. The SMILES string of the molecule is Cl.O=C(NC(Cc1ccc(OCc2ccccc2[N+](=O)[O-])cc1)C(=O)O)OCC1c2ccccc2-c2ccccc21. The highest BCUT2D eigenvalue weighted by molar-refractivity contribution is 5.85. The number of carbonyl (C=O) groups excluding carboxylic acids is 1. The number of nitrogens with zero attached hydrogens (tertiary/aromatic N) is 1. The van der Waals surface area contributed by atoms with Crippen LogP contribution in [0.2, 0.25) is 0 Å². The minimum atomic E-state index is -1.20. The highest BCUT2D eigenvalue weighted by Gasteiger charge is 2.29. The van der Waals surface area contributed by atoms with E-state index in [1.165, 1.54) is 6.07 Å². The first kappa shape index (κ1) is 29.1. The van der Waals surface area contributed by atoms with Crippen LogP contribution in [0, 0.1) is 10.1 Å². The molecule has 2 N–H and O–H groups in total. The molecule has 1 atom stereocenters. The lowest BCUT2D eigenvalue weighted by Gasteiger charge is -2.17. The van der Waals surface area contributed by atoms with Gasteiger partial charge in [-0.1, -0.05) is 72.8 Å². The van der Waals surface area contributed by atoms with Crippen LogP contribution in [0.3, 0.4) is 0 Å². The summed E-state index contributed by atoms with van der Waals surface area (Å²) >= 11 is 0. The minimum absolute atomic E-state index is 0. The molecule has 9 nitrogen and oxygen atoms in total. The number of para-hydroxylation sites is 1. The van der Waals surface area contributed by atoms with Crippen LogP contribution < -0.4 is 10.1 Å². The van der Waals surface area contributed by atoms with Gasteiger partial charge < -0.3 is 19.9 Å². The van der Waals surface area contributed by atoms with Crippen molar-refractivity contribution in [3.63, 3.8) is 0 Å². The van der Waals surface area contributed by atoms with Crippen molar-refractivity contribution in [2.24, 2.45) is 0 Å². The number of halogens is 1. The summed E-state index contributed by atoms with van der Waals surface area (Å²) in [6.07, 6.45) is -0.775. The number of nitro benzene ring substituents is 1. The second kappa shape index (κ2) is 13.0. The maximum Gasteiger partial charge on any atom is 0.407 e. The summed E-state index contributed by atoms with van der Waals surface area (Å²) in [5, 5.41) is 23.3. The maximum atomic E-state index is 12.6. The summed E-state index contributed by atoms with van der Waals surface area (Å²) in [6.45, 7) is 0.0927. The van der Waals surface area contributed by atoms with Gasteiger partial charge in [0.15, 0.2) is 0 Å². The van der Waals surface area contributed by atoms with Crippen LogP contribution >= 0.6 is 12.4 Å². The highest BCUT2D eigenvalue weighted by atomic mass is 35.5. The van der Waals surface area contributed by atoms with Crippen LogP contribution in [-0.2, 0) is 22.6 Å². The van der Waals surface area contributed by atoms with Gasteiger partial charge >= 0.3 is 12.1 Å². The molecular weight excluding hydrogens is 548 g/mol. The average molecular weight is 575 g/mol. The molecule has 0 bridgehead atoms. The molecule has 1 amide bonds. The van der Waals surface area contributed by atoms with Crippen molar-refractivity contribution in [2.45, 2.75) is 25.0 Å². The van der Waals surface area contributed by atoms with E-state index in [0.717, 1.165) is 22.3 Å². The van der Waals surface area contributed by atoms with Gasteiger partial charge in [-0.25, -0.2) is 9.59 Å². The molecule has 1 unspecified atom stereocenters. The zero-order chi connectivity index (χ0) is 28.1. The smallest absolute Gasteiger partial charge is 0.407 e. The number of benzene rings is 4. The van der Waals surface area contributed by atoms with Crippen molar-refractivity contribution in [3.05, 3.63) is 129 Å². The second-order valence-electron chi connectivity index (χ2n) is 9.38. The molecule has 0 saturated heterocycles. The molecule has 0 radical (unpaired) electrons. The first-order chi connectivity index (χ1) is 19.4. The molecule has 4 aromatic rings. The van der Waals surface area contributed by atoms with Crippen molar-refractivity contribution < 1.29 is 29.1 Å². The number of carbonyl (C=O) groups is 2. The lowest BCUT2D eigenvalue weighted by Crippen LogP contribution is -2.42. The van der Waals surface area contributed by atoms with Crippen LogP contribution in [-0.4, -0.2) is 34.7 Å². The molecule has 10 heteroatoms. The normalized spacial score (nSPS) is 12.3. The largest absolute Gasteiger partial charge is 0.489 e. The molecule has 0 aliphatic heterocycles. The number of fused-ring (bicyclic) bond motifs is 3. The predicted molar refractivity (Wildman–Crippen MR) is 154 cm³/mol. The summed E-state index contributed by atoms with van der Waals surface area (Å²) in [5.41, 5.74) is 5.41. The van der Waals surface area contributed by atoms with Crippen LogP contribution in [0.25, 0.3) is 11.1 Å². The third kappa shape index (κ3) is 6.64. The second-order valence-corrected chi connectivity index (χ2v) is 9.38. The molecule has 1 aliphatic rings. The van der Waals surface area contributed by atoms with E-state index in [0.29, 0.717) is 16.9 Å². The van der Waals surface area contributed by atoms with Gasteiger partial charge in [-0.15, -0.1) is 12.4 Å². The molecule has 0 saturated carbocycles. The Balaban J connectivity index is 0.00000387. The zero-order valence-corrected chi connectivity index (χ0v) is 22.6. The molecule has 41 heavy (non-hydrogen) atoms. The number of carboxylic acid groups (broad SMARTS) is 1. The number of aliphatic carboxylic acids is 1. The van der Waals surface area contributed by atoms with E-state index in [2.05, 4.69) is 5.32 Å². The number of hydrogen-bond donors (Lipinski definition) is 2. The lowest BCUT2D eigenvalue weighted by molar-refractivity contribution is -0.385. The Kier molecular flexibility index (Phi) is 9.21. The molecule has 210 valence electrons. The molecule has 0 fully saturated rings. The molecule has 4 aromatic carbocycles. The number of hydrogen-bond acceptors (Lipinski definition) is 6. The van der Waals surface area contributed by atoms with Crippen molar-refractivity contribution in [1.82, 2.24) is 5.32 Å². The Hall–Kier alpha value is -4.89. The van der Waals surface area contributed by atoms with Crippen LogP contribution in [0.5, 0.6) is 5.75 Å². The standard InChI is InChI=1S/C31H26N2O7.ClH/c34-30(35)28(17-20-13-15-22(16-14-20)39-18-21-7-1-6-12-29(21)33(37)38)32-31(36)40-19-27-25-10-4-2-8-23(25)24-9-3-5-11-26(24)27;/h1-16,27-28H,17-19H2,(H,32,36)(H,34,35);1H. The third-order valence-corrected chi connectivity index (χ3v) is 6.88. The molecule has 0 spiro atoms. The Morgan fingerprint density at radius 3 is 2.07 bits per heavy atom. The number of alkyl carbamates (subject to hydrolysis) is 1. The van der Waals surface area contributed by atoms with E-state index < -0.39 is 23.0 Å². The van der Waals surface area contributed by atoms with Crippen molar-refractivity contribution in [2.75, 3.05) is 6.61 Å². The fourth-order valence-electron chi connectivity index (χ4n) is 4.91. The number of amides is 1. The summed E-state index contributed by atoms with van der Waals surface area (Å²) in [5.74, 6) is -0.852. The van der Waals surface area contributed by atoms with Gasteiger partial charge in [0.1, 0.15) is 25.0 Å². The predicted octanol–water partition coefficient (Wildman–Crippen LogP) is 6.13. The Morgan fingerprint density at radius 1 is 0.878 bits per heavy atom. The fraction of sp³-hybridized carbons (Fsp3) is 0.161. The van der Waals surface area contributed by atoms with Crippen LogP contribution in [0.15, 0.2) is 97.1 Å². The monoisotopic (exact) mass is 574 g/mol. The Labute approximate surface area is 242 Å². The van der Waals surface area contributed by atoms with E-state index >= 15 is 0 Å². The van der Waals surface area contributed by atoms with E-state index in [1.54, 1.807) is 42.5 Å². The number of ether oxygens (including phenoxy) is 2. The van der Waals surface area contributed by atoms with E-state index in [-0.39, 0.29) is 43.6 Å². The average Bonchev–Trinajstić information content (AvgIpc) is 3.29. The Bertz CT molecular complexity index is 1510. The highest BCUT2D eigenvalue weighted by Crippen LogP contribution is 2.44. The van der Waals surface area contributed by atoms with Crippen molar-refractivity contribution >= 4 is 30.2 Å². The van der Waals surface area contributed by atoms with Gasteiger partial charge in [0.25, 0.3) is 5.69 Å². The van der Waals surface area contributed by atoms with Gasteiger partial charge in [0, 0.05) is 18.4 Å². The number of carboxylic acids is 1. The molecule has 0 heterocycles. The van der Waals surface area contributed by atoms with Crippen LogP contribution in [0.4, 0.5) is 10.5 Å². The summed E-state index contributed by atoms with van der Waals surface area (Å²) in [4.78, 5) is 35.2. The van der Waals surface area contributed by atoms with Crippen LogP contribution in [0.1, 0.15) is 28.2 Å². The quantitative estimate of drug-likeness (QED) is 0.172. The van der Waals surface area contributed by atoms with E-state index in [9.17, 15) is 24.8 Å². The fourth-order valence-corrected chi connectivity index (χ4v) is 4.91. The molecule has 5 rings (SSSR count). The first-order valence-corrected chi connectivity index (χ1v) is 12.7. The number of nitro groups is 1. The summed E-state index contributed by atoms with van der Waals surface area (Å²) in [6, 6.07) is 27.7. The van der Waals surface area contributed by atoms with Gasteiger partial charge in [-0.05, 0) is 46.0 Å². The minimum Gasteiger partial charge on any atom is -0.489 e. The van der Waals surface area contributed by atoms with Gasteiger partial charge in [-0.3, -0.25) is 10.1 Å². The number of rotatable bonds is 10. The zero-order valence-electron chi connectivity index (χ0n) is 21.8. The summed E-state index contributed by atoms with van der Waals surface area (Å²) < 4.78 is 11.2. The van der Waals surface area contributed by atoms with E-state index in [4.69, 9.17) is 9.47 Å². The van der Waals surface area contributed by atoms with Gasteiger partial charge in [0.05, 0.1) is 10.5 Å². The Morgan fingerprint density at radius 2 is 1.46 bits per heavy atom. The third-order valence-electron chi connectivity index (χ3n) is 6.88. The van der Waals surface area contributed by atoms with E-state index in [1.807, 2.05) is 48.5 Å². The maximum absolute atomic E-state index is 12.6.